The Labute approximate surface area is 150 Å². The predicted octanol–water partition coefficient (Wildman–Crippen LogP) is 2.11. The molecule has 0 radical (unpaired) electrons. The summed E-state index contributed by atoms with van der Waals surface area (Å²) in [6.45, 7) is 0. The molecule has 0 saturated heterocycles. The first-order chi connectivity index (χ1) is 12.5. The number of rotatable bonds is 6. The highest BCUT2D eigenvalue weighted by atomic mass is 16.5. The van der Waals surface area contributed by atoms with E-state index in [1.165, 1.54) is 0 Å². The molecule has 0 aliphatic rings. The normalized spacial score (nSPS) is 10.7. The Balaban J connectivity index is 1.95. The van der Waals surface area contributed by atoms with E-state index in [4.69, 9.17) is 20.9 Å². The van der Waals surface area contributed by atoms with Gasteiger partial charge in [0, 0.05) is 5.39 Å². The maximum Gasteiger partial charge on any atom is 0.271 e. The third kappa shape index (κ3) is 3.23. The summed E-state index contributed by atoms with van der Waals surface area (Å²) in [4.78, 5) is 11.4. The Bertz CT molecular complexity index is 972. The van der Waals surface area contributed by atoms with Crippen LogP contribution in [0.25, 0.3) is 10.9 Å². The molecule has 3 rings (SSSR count). The lowest BCUT2D eigenvalue weighted by atomic mass is 10.0. The van der Waals surface area contributed by atoms with E-state index in [1.54, 1.807) is 20.3 Å². The number of ether oxygens (including phenoxy) is 2. The van der Waals surface area contributed by atoms with Crippen molar-refractivity contribution >= 4 is 22.5 Å². The number of fused-ring (bicyclic) bond motifs is 1. The smallest absolute Gasteiger partial charge is 0.271 e. The fourth-order valence-electron chi connectivity index (χ4n) is 2.94. The van der Waals surface area contributed by atoms with Crippen LogP contribution in [-0.4, -0.2) is 30.3 Å². The largest absolute Gasteiger partial charge is 0.497 e. The molecule has 1 aromatic heterocycles. The lowest BCUT2D eigenvalue weighted by molar-refractivity contribution is 0.0996. The molecule has 2 aromatic carbocycles. The van der Waals surface area contributed by atoms with Gasteiger partial charge in [0.2, 0.25) is 0 Å². The van der Waals surface area contributed by atoms with E-state index in [2.05, 4.69) is 10.2 Å². The zero-order valence-electron chi connectivity index (χ0n) is 14.7. The monoisotopic (exact) mass is 352 g/mol. The fourth-order valence-corrected chi connectivity index (χ4v) is 2.94. The Kier molecular flexibility index (Phi) is 4.88. The number of carbonyl (C=O) groups is 1. The van der Waals surface area contributed by atoms with Crippen molar-refractivity contribution in [1.82, 2.24) is 10.2 Å². The molecule has 7 nitrogen and oxygen atoms in total. The van der Waals surface area contributed by atoms with Gasteiger partial charge in [0.05, 0.1) is 25.4 Å². The predicted molar refractivity (Wildman–Crippen MR) is 99.4 cm³/mol. The number of carbonyl (C=O) groups excluding carboxylic acids is 1. The van der Waals surface area contributed by atoms with E-state index in [-0.39, 0.29) is 11.4 Å². The Morgan fingerprint density at radius 2 is 1.81 bits per heavy atom. The Morgan fingerprint density at radius 1 is 1.04 bits per heavy atom. The van der Waals surface area contributed by atoms with Crippen molar-refractivity contribution in [2.75, 3.05) is 20.0 Å². The van der Waals surface area contributed by atoms with E-state index < -0.39 is 5.91 Å². The van der Waals surface area contributed by atoms with Crippen molar-refractivity contribution in [3.8, 4) is 11.5 Å². The first-order valence-corrected chi connectivity index (χ1v) is 8.09. The van der Waals surface area contributed by atoms with Gasteiger partial charge in [-0.25, -0.2) is 0 Å². The van der Waals surface area contributed by atoms with Crippen LogP contribution in [0.2, 0.25) is 0 Å². The minimum Gasteiger partial charge on any atom is -0.497 e. The minimum atomic E-state index is -0.691. The molecule has 134 valence electrons. The van der Waals surface area contributed by atoms with Gasteiger partial charge < -0.3 is 20.9 Å². The summed E-state index contributed by atoms with van der Waals surface area (Å²) in [7, 11) is 3.27. The molecule has 4 N–H and O–H groups in total. The number of methoxy groups -OCH3 is 2. The van der Waals surface area contributed by atoms with E-state index in [1.807, 2.05) is 30.3 Å². The second-order valence-electron chi connectivity index (χ2n) is 5.82. The van der Waals surface area contributed by atoms with Crippen LogP contribution in [0.1, 0.15) is 21.6 Å². The summed E-state index contributed by atoms with van der Waals surface area (Å²) in [5, 5.41) is 8.72. The average Bonchev–Trinajstić information content (AvgIpc) is 2.66. The highest BCUT2D eigenvalue weighted by Crippen LogP contribution is 2.28. The van der Waals surface area contributed by atoms with Gasteiger partial charge in [-0.1, -0.05) is 18.2 Å². The van der Waals surface area contributed by atoms with E-state index in [0.717, 1.165) is 29.0 Å². The van der Waals surface area contributed by atoms with Crippen LogP contribution in [0.3, 0.4) is 0 Å². The van der Waals surface area contributed by atoms with Crippen LogP contribution < -0.4 is 20.9 Å². The molecule has 0 saturated carbocycles. The lowest BCUT2D eigenvalue weighted by Crippen LogP contribution is -2.17. The van der Waals surface area contributed by atoms with E-state index >= 15 is 0 Å². The number of nitrogens with zero attached hydrogens (tertiary/aromatic N) is 2. The molecule has 1 heterocycles. The summed E-state index contributed by atoms with van der Waals surface area (Å²) >= 11 is 0. The van der Waals surface area contributed by atoms with Crippen LogP contribution in [0.15, 0.2) is 36.4 Å². The van der Waals surface area contributed by atoms with Crippen molar-refractivity contribution < 1.29 is 14.3 Å². The standard InChI is InChI=1S/C19H20N4O3/c1-25-13-8-9-15(26-2)12(10-13)7-6-11-4-3-5-14-16(20)18(19(21)24)23-22-17(11)14/h3-5,8-10H,6-7H2,1-2H3,(H2,20,22)(H2,21,24). The van der Waals surface area contributed by atoms with Gasteiger partial charge in [0.1, 0.15) is 11.5 Å². The molecule has 3 aromatic rings. The summed E-state index contributed by atoms with van der Waals surface area (Å²) < 4.78 is 10.7. The third-order valence-electron chi connectivity index (χ3n) is 4.30. The molecule has 1 amide bonds. The number of aryl methyl sites for hydroxylation is 2. The van der Waals surface area contributed by atoms with Gasteiger partial charge in [0.15, 0.2) is 5.69 Å². The molecular weight excluding hydrogens is 332 g/mol. The molecule has 0 aliphatic carbocycles. The zero-order chi connectivity index (χ0) is 18.7. The number of hydrogen-bond donors (Lipinski definition) is 2. The first-order valence-electron chi connectivity index (χ1n) is 8.09. The Morgan fingerprint density at radius 3 is 2.50 bits per heavy atom. The van der Waals surface area contributed by atoms with Crippen LogP contribution in [0.5, 0.6) is 11.5 Å². The van der Waals surface area contributed by atoms with Gasteiger partial charge in [0.25, 0.3) is 5.91 Å². The van der Waals surface area contributed by atoms with Crippen LogP contribution in [0, 0.1) is 0 Å². The number of anilines is 1. The minimum absolute atomic E-state index is 0.0101. The Hall–Kier alpha value is -3.35. The highest BCUT2D eigenvalue weighted by molar-refractivity contribution is 6.04. The number of aromatic nitrogens is 2. The summed E-state index contributed by atoms with van der Waals surface area (Å²) in [6, 6.07) is 11.3. The quantitative estimate of drug-likeness (QED) is 0.702. The number of amides is 1. The molecule has 7 heteroatoms. The average molecular weight is 352 g/mol. The SMILES string of the molecule is COc1ccc(OC)c(CCc2cccc3c(N)c(C(N)=O)nnc23)c1. The van der Waals surface area contributed by atoms with Crippen molar-refractivity contribution in [3.05, 3.63) is 53.2 Å². The number of nitrogens with two attached hydrogens (primary N) is 2. The van der Waals surface area contributed by atoms with E-state index in [0.29, 0.717) is 17.3 Å². The molecule has 0 fully saturated rings. The first kappa shape index (κ1) is 17.5. The summed E-state index contributed by atoms with van der Waals surface area (Å²) in [5.74, 6) is 0.880. The maximum absolute atomic E-state index is 11.4. The van der Waals surface area contributed by atoms with Crippen LogP contribution in [-0.2, 0) is 12.8 Å². The zero-order valence-corrected chi connectivity index (χ0v) is 14.7. The topological polar surface area (TPSA) is 113 Å². The number of hydrogen-bond acceptors (Lipinski definition) is 6. The number of primary amides is 1. The van der Waals surface area contributed by atoms with Gasteiger partial charge in [-0.2, -0.15) is 0 Å². The van der Waals surface area contributed by atoms with Crippen LogP contribution in [0.4, 0.5) is 5.69 Å². The van der Waals surface area contributed by atoms with E-state index in [9.17, 15) is 4.79 Å². The van der Waals surface area contributed by atoms with Crippen molar-refractivity contribution in [2.24, 2.45) is 5.73 Å². The second-order valence-corrected chi connectivity index (χ2v) is 5.82. The number of nitrogen functional groups attached to an aromatic ring is 1. The van der Waals surface area contributed by atoms with Crippen molar-refractivity contribution in [3.63, 3.8) is 0 Å². The van der Waals surface area contributed by atoms with Crippen molar-refractivity contribution in [2.45, 2.75) is 12.8 Å². The van der Waals surface area contributed by atoms with Crippen LogP contribution >= 0.6 is 0 Å². The van der Waals surface area contributed by atoms with Crippen molar-refractivity contribution in [1.29, 1.82) is 0 Å². The lowest BCUT2D eigenvalue weighted by Gasteiger charge is -2.12. The molecule has 0 aliphatic heterocycles. The van der Waals surface area contributed by atoms with Gasteiger partial charge >= 0.3 is 0 Å². The number of benzene rings is 2. The third-order valence-corrected chi connectivity index (χ3v) is 4.30. The highest BCUT2D eigenvalue weighted by Gasteiger charge is 2.15. The van der Waals surface area contributed by atoms with Gasteiger partial charge in [-0.05, 0) is 42.2 Å². The fraction of sp³-hybridized carbons (Fsp3) is 0.211. The molecule has 0 bridgehead atoms. The molecule has 0 spiro atoms. The molecule has 0 atom stereocenters. The van der Waals surface area contributed by atoms with Gasteiger partial charge in [-0.15, -0.1) is 10.2 Å². The molecule has 0 unspecified atom stereocenters. The van der Waals surface area contributed by atoms with Gasteiger partial charge in [-0.3, -0.25) is 4.79 Å². The maximum atomic E-state index is 11.4. The second kappa shape index (κ2) is 7.26. The molecular formula is C19H20N4O3. The summed E-state index contributed by atoms with van der Waals surface area (Å²) in [6.07, 6.45) is 1.42. The summed E-state index contributed by atoms with van der Waals surface area (Å²) in [5.41, 5.74) is 14.2. The molecule has 26 heavy (non-hydrogen) atoms.